The lowest BCUT2D eigenvalue weighted by atomic mass is 9.90. The molecule has 0 aromatic carbocycles. The zero-order valence-corrected chi connectivity index (χ0v) is 13.6. The molecule has 4 aliphatic rings. The molecule has 3 heterocycles. The van der Waals surface area contributed by atoms with Crippen LogP contribution in [0.4, 0.5) is 0 Å². The Bertz CT molecular complexity index is 393. The van der Waals surface area contributed by atoms with E-state index in [0.29, 0.717) is 30.3 Å². The molecule has 0 bridgehead atoms. The maximum atomic E-state index is 3.92. The van der Waals surface area contributed by atoms with E-state index in [1.807, 2.05) is 5.12 Å². The highest BCUT2D eigenvalue weighted by Gasteiger charge is 2.49. The quantitative estimate of drug-likeness (QED) is 0.365. The van der Waals surface area contributed by atoms with Crippen molar-refractivity contribution in [2.45, 2.75) is 63.3 Å². The first-order valence-electron chi connectivity index (χ1n) is 8.79. The van der Waals surface area contributed by atoms with E-state index in [1.165, 1.54) is 25.7 Å². The van der Waals surface area contributed by atoms with Gasteiger partial charge in [-0.3, -0.25) is 21.3 Å². The molecular weight excluding hydrogens is 280 g/mol. The molecule has 3 aliphatic heterocycles. The van der Waals surface area contributed by atoms with Gasteiger partial charge in [0.2, 0.25) is 0 Å². The van der Waals surface area contributed by atoms with Crippen LogP contribution in [0.5, 0.6) is 0 Å². The van der Waals surface area contributed by atoms with Crippen LogP contribution < -0.4 is 32.2 Å². The lowest BCUT2D eigenvalue weighted by molar-refractivity contribution is 0.0338. The molecule has 0 radical (unpaired) electrons. The van der Waals surface area contributed by atoms with E-state index in [9.17, 15) is 0 Å². The Balaban J connectivity index is 1.57. The van der Waals surface area contributed by atoms with Crippen molar-refractivity contribution in [1.82, 2.24) is 42.4 Å². The lowest BCUT2D eigenvalue weighted by Crippen LogP contribution is -2.70. The summed E-state index contributed by atoms with van der Waals surface area (Å²) in [6.07, 6.45) is 6.04. The predicted octanol–water partition coefficient (Wildman–Crippen LogP) is -1.57. The summed E-state index contributed by atoms with van der Waals surface area (Å²) in [5, 5.41) is 19.1. The predicted molar refractivity (Wildman–Crippen MR) is 84.7 cm³/mol. The Morgan fingerprint density at radius 3 is 2.91 bits per heavy atom. The number of hydrazine groups is 3. The van der Waals surface area contributed by atoms with Crippen LogP contribution in [0, 0.1) is 5.92 Å². The lowest BCUT2D eigenvalue weighted by Gasteiger charge is -2.41. The highest BCUT2D eigenvalue weighted by atomic mass is 16.0. The normalized spacial score (nSPS) is 46.6. The van der Waals surface area contributed by atoms with E-state index in [4.69, 9.17) is 0 Å². The second kappa shape index (κ2) is 6.29. The van der Waals surface area contributed by atoms with Gasteiger partial charge in [-0.2, -0.15) is 10.7 Å². The van der Waals surface area contributed by atoms with Gasteiger partial charge in [0.15, 0.2) is 0 Å². The smallest absolute Gasteiger partial charge is 0.113 e. The first-order chi connectivity index (χ1) is 10.8. The summed E-state index contributed by atoms with van der Waals surface area (Å²) in [4.78, 5) is 0. The molecule has 8 nitrogen and oxygen atoms in total. The Hall–Kier alpha value is -0.320. The van der Waals surface area contributed by atoms with Gasteiger partial charge in [0.1, 0.15) is 6.29 Å². The van der Waals surface area contributed by atoms with Gasteiger partial charge in [-0.15, -0.1) is 0 Å². The van der Waals surface area contributed by atoms with Gasteiger partial charge in [-0.05, 0) is 19.4 Å². The minimum Gasteiger partial charge on any atom is -0.297 e. The van der Waals surface area contributed by atoms with E-state index in [2.05, 4.69) is 51.2 Å². The minimum atomic E-state index is 0.194. The van der Waals surface area contributed by atoms with E-state index < -0.39 is 0 Å². The van der Waals surface area contributed by atoms with Crippen LogP contribution in [0.2, 0.25) is 0 Å². The molecule has 0 amide bonds. The molecular formula is C14H30N8. The molecule has 126 valence electrons. The molecule has 6 unspecified atom stereocenters. The third kappa shape index (κ3) is 2.67. The minimum absolute atomic E-state index is 0.194. The number of nitrogens with zero attached hydrogens (tertiary/aromatic N) is 2. The first kappa shape index (κ1) is 15.2. The number of rotatable bonds is 2. The Kier molecular flexibility index (Phi) is 4.35. The molecule has 4 fully saturated rings. The molecule has 0 spiro atoms. The fourth-order valence-electron chi connectivity index (χ4n) is 4.51. The molecule has 1 aliphatic carbocycles. The summed E-state index contributed by atoms with van der Waals surface area (Å²) >= 11 is 0. The largest absolute Gasteiger partial charge is 0.297 e. The zero-order chi connectivity index (χ0) is 15.1. The molecule has 6 N–H and O–H groups in total. The molecule has 4 rings (SSSR count). The third-order valence-corrected chi connectivity index (χ3v) is 5.52. The van der Waals surface area contributed by atoms with Crippen LogP contribution >= 0.6 is 0 Å². The molecule has 8 heteroatoms. The standard InChI is InChI=1S/C14H30N8/c1-3-15-14-16-8-9-12(18-14)17-10-6-4-5-7-11(10)22-13(9)19-21(2)20-22/h9-20H,3-8H2,1-2H3. The molecule has 3 saturated heterocycles. The fraction of sp³-hybridized carbons (Fsp3) is 1.00. The van der Waals surface area contributed by atoms with Crippen LogP contribution in [0.25, 0.3) is 0 Å². The van der Waals surface area contributed by atoms with E-state index in [0.717, 1.165) is 13.1 Å². The van der Waals surface area contributed by atoms with Crippen molar-refractivity contribution in [3.8, 4) is 0 Å². The maximum absolute atomic E-state index is 3.92. The van der Waals surface area contributed by atoms with Gasteiger partial charge in [0, 0.05) is 31.6 Å². The number of fused-ring (bicyclic) bond motifs is 5. The highest BCUT2D eigenvalue weighted by molar-refractivity contribution is 5.01. The Morgan fingerprint density at radius 2 is 2.05 bits per heavy atom. The summed E-state index contributed by atoms with van der Waals surface area (Å²) in [5.74, 6) is 0.470. The van der Waals surface area contributed by atoms with Gasteiger partial charge in [-0.1, -0.05) is 19.8 Å². The highest BCUT2D eigenvalue weighted by Crippen LogP contribution is 2.31. The molecule has 0 aromatic heterocycles. The van der Waals surface area contributed by atoms with Crippen LogP contribution in [-0.4, -0.2) is 61.0 Å². The van der Waals surface area contributed by atoms with E-state index >= 15 is 0 Å². The van der Waals surface area contributed by atoms with Crippen LogP contribution in [0.15, 0.2) is 0 Å². The van der Waals surface area contributed by atoms with Crippen molar-refractivity contribution in [1.29, 1.82) is 0 Å². The molecule has 6 atom stereocenters. The van der Waals surface area contributed by atoms with Crippen molar-refractivity contribution >= 4 is 0 Å². The number of hydrogen-bond donors (Lipinski definition) is 6. The fourth-order valence-corrected chi connectivity index (χ4v) is 4.51. The average molecular weight is 310 g/mol. The van der Waals surface area contributed by atoms with Crippen molar-refractivity contribution in [2.24, 2.45) is 5.92 Å². The molecule has 0 aromatic rings. The van der Waals surface area contributed by atoms with Crippen molar-refractivity contribution in [3.63, 3.8) is 0 Å². The first-order valence-corrected chi connectivity index (χ1v) is 8.79. The van der Waals surface area contributed by atoms with Crippen molar-refractivity contribution < 1.29 is 0 Å². The van der Waals surface area contributed by atoms with Gasteiger partial charge >= 0.3 is 0 Å². The third-order valence-electron chi connectivity index (χ3n) is 5.52. The van der Waals surface area contributed by atoms with Crippen molar-refractivity contribution in [3.05, 3.63) is 0 Å². The second-order valence-corrected chi connectivity index (χ2v) is 6.97. The maximum Gasteiger partial charge on any atom is 0.113 e. The topological polar surface area (TPSA) is 78.7 Å². The average Bonchev–Trinajstić information content (AvgIpc) is 2.85. The summed E-state index contributed by atoms with van der Waals surface area (Å²) in [6, 6.07) is 1.11. The summed E-state index contributed by atoms with van der Waals surface area (Å²) in [7, 11) is 2.06. The SMILES string of the molecule is CCNC1NCC2C(N1)NC1CCCCC1N1NN(C)NC21. The van der Waals surface area contributed by atoms with Crippen molar-refractivity contribution in [2.75, 3.05) is 20.1 Å². The summed E-state index contributed by atoms with van der Waals surface area (Å²) in [5.41, 5.74) is 7.09. The van der Waals surface area contributed by atoms with Gasteiger partial charge in [0.25, 0.3) is 0 Å². The second-order valence-electron chi connectivity index (χ2n) is 6.97. The monoisotopic (exact) mass is 310 g/mol. The Morgan fingerprint density at radius 1 is 1.18 bits per heavy atom. The summed E-state index contributed by atoms with van der Waals surface area (Å²) in [6.45, 7) is 4.10. The van der Waals surface area contributed by atoms with Gasteiger partial charge in [0.05, 0.1) is 12.3 Å². The van der Waals surface area contributed by atoms with Crippen LogP contribution in [0.3, 0.4) is 0 Å². The van der Waals surface area contributed by atoms with E-state index in [-0.39, 0.29) is 6.29 Å². The summed E-state index contributed by atoms with van der Waals surface area (Å²) < 4.78 is 0. The van der Waals surface area contributed by atoms with Crippen LogP contribution in [0.1, 0.15) is 32.6 Å². The van der Waals surface area contributed by atoms with E-state index in [1.54, 1.807) is 0 Å². The number of nitrogens with one attached hydrogen (secondary N) is 6. The zero-order valence-electron chi connectivity index (χ0n) is 13.6. The van der Waals surface area contributed by atoms with Gasteiger partial charge in [-0.25, -0.2) is 10.4 Å². The van der Waals surface area contributed by atoms with Crippen LogP contribution in [-0.2, 0) is 0 Å². The molecule has 22 heavy (non-hydrogen) atoms. The molecule has 1 saturated carbocycles. The Labute approximate surface area is 132 Å². The number of hydrogen-bond acceptors (Lipinski definition) is 8. The van der Waals surface area contributed by atoms with Gasteiger partial charge < -0.3 is 0 Å².